The van der Waals surface area contributed by atoms with Crippen LogP contribution < -0.4 is 20.3 Å². The van der Waals surface area contributed by atoms with Crippen molar-refractivity contribution < 1.29 is 19.7 Å². The molecule has 0 saturated heterocycles. The van der Waals surface area contributed by atoms with Crippen molar-refractivity contribution in [3.63, 3.8) is 0 Å². The van der Waals surface area contributed by atoms with Crippen LogP contribution in [0.3, 0.4) is 0 Å². The third-order valence-corrected chi connectivity index (χ3v) is 3.51. The fraction of sp³-hybridized carbons (Fsp3) is 0.211. The lowest BCUT2D eigenvalue weighted by atomic mass is 10.2. The molecular formula is C19H22N4O4S. The molecule has 4 N–H and O–H groups in total. The minimum absolute atomic E-state index is 0.0696. The number of rotatable bonds is 8. The molecular weight excluding hydrogens is 380 g/mol. The molecule has 0 saturated carbocycles. The molecule has 2 rings (SSSR count). The Labute approximate surface area is 168 Å². The predicted molar refractivity (Wildman–Crippen MR) is 113 cm³/mol. The van der Waals surface area contributed by atoms with Gasteiger partial charge in [-0.1, -0.05) is 0 Å². The van der Waals surface area contributed by atoms with Crippen molar-refractivity contribution in [2.75, 3.05) is 13.2 Å². The quantitative estimate of drug-likeness (QED) is 0.305. The topological polar surface area (TPSA) is 108 Å². The van der Waals surface area contributed by atoms with Gasteiger partial charge < -0.3 is 19.7 Å². The van der Waals surface area contributed by atoms with Crippen LogP contribution in [0.2, 0.25) is 0 Å². The zero-order chi connectivity index (χ0) is 20.4. The number of thiocarbonyl (C=S) groups is 1. The van der Waals surface area contributed by atoms with Crippen LogP contribution in [0.25, 0.3) is 0 Å². The largest absolute Gasteiger partial charge is 0.504 e. The molecule has 8 nitrogen and oxygen atoms in total. The van der Waals surface area contributed by atoms with E-state index in [1.807, 2.05) is 13.8 Å². The number of aromatic hydroxyl groups is 2. The van der Waals surface area contributed by atoms with Crippen LogP contribution in [-0.2, 0) is 0 Å². The van der Waals surface area contributed by atoms with Gasteiger partial charge in [-0.2, -0.15) is 10.2 Å². The summed E-state index contributed by atoms with van der Waals surface area (Å²) in [5.74, 6) is 0.912. The smallest absolute Gasteiger partial charge is 0.207 e. The molecule has 0 spiro atoms. The Morgan fingerprint density at radius 1 is 0.893 bits per heavy atom. The van der Waals surface area contributed by atoms with Crippen molar-refractivity contribution in [3.05, 3.63) is 47.5 Å². The van der Waals surface area contributed by atoms with E-state index in [1.54, 1.807) is 24.3 Å². The van der Waals surface area contributed by atoms with Gasteiger partial charge in [0.25, 0.3) is 0 Å². The highest BCUT2D eigenvalue weighted by Gasteiger charge is 2.03. The summed E-state index contributed by atoms with van der Waals surface area (Å²) >= 11 is 5.08. The maximum atomic E-state index is 9.68. The second-order valence-electron chi connectivity index (χ2n) is 5.39. The normalized spacial score (nSPS) is 10.9. The van der Waals surface area contributed by atoms with Crippen LogP contribution in [0.4, 0.5) is 0 Å². The van der Waals surface area contributed by atoms with Crippen molar-refractivity contribution in [1.29, 1.82) is 0 Å². The number of hydrogen-bond donors (Lipinski definition) is 4. The summed E-state index contributed by atoms with van der Waals surface area (Å²) in [6, 6.07) is 9.78. The van der Waals surface area contributed by atoms with Gasteiger partial charge in [-0.05, 0) is 73.6 Å². The van der Waals surface area contributed by atoms with E-state index in [4.69, 9.17) is 21.7 Å². The van der Waals surface area contributed by atoms with E-state index in [1.165, 1.54) is 24.6 Å². The van der Waals surface area contributed by atoms with Gasteiger partial charge in [-0.15, -0.1) is 0 Å². The molecule has 0 heterocycles. The summed E-state index contributed by atoms with van der Waals surface area (Å²) in [4.78, 5) is 0. The molecule has 148 valence electrons. The SMILES string of the molecule is CCOc1cc(C=NNC(=S)NN=Cc2ccc(O)c(OCC)c2)ccc1O. The zero-order valence-electron chi connectivity index (χ0n) is 15.5. The average Bonchev–Trinajstić information content (AvgIpc) is 2.67. The molecule has 0 unspecified atom stereocenters. The molecule has 0 fully saturated rings. The summed E-state index contributed by atoms with van der Waals surface area (Å²) < 4.78 is 10.6. The molecule has 0 bridgehead atoms. The van der Waals surface area contributed by atoms with Crippen molar-refractivity contribution in [2.24, 2.45) is 10.2 Å². The van der Waals surface area contributed by atoms with Crippen molar-refractivity contribution in [3.8, 4) is 23.0 Å². The molecule has 0 aliphatic carbocycles. The number of hydrogen-bond acceptors (Lipinski definition) is 7. The maximum Gasteiger partial charge on any atom is 0.207 e. The highest BCUT2D eigenvalue weighted by Crippen LogP contribution is 2.26. The number of nitrogens with one attached hydrogen (secondary N) is 2. The highest BCUT2D eigenvalue weighted by atomic mass is 32.1. The van der Waals surface area contributed by atoms with E-state index >= 15 is 0 Å². The molecule has 0 aliphatic rings. The summed E-state index contributed by atoms with van der Waals surface area (Å²) in [5.41, 5.74) is 6.72. The number of ether oxygens (including phenoxy) is 2. The summed E-state index contributed by atoms with van der Waals surface area (Å²) in [6.45, 7) is 4.57. The van der Waals surface area contributed by atoms with Crippen LogP contribution in [0, 0.1) is 0 Å². The Morgan fingerprint density at radius 3 is 1.71 bits per heavy atom. The van der Waals surface area contributed by atoms with Crippen molar-refractivity contribution >= 4 is 29.8 Å². The van der Waals surface area contributed by atoms with E-state index < -0.39 is 0 Å². The van der Waals surface area contributed by atoms with Gasteiger partial charge in [0, 0.05) is 0 Å². The van der Waals surface area contributed by atoms with Gasteiger partial charge in [-0.25, -0.2) is 0 Å². The van der Waals surface area contributed by atoms with Crippen molar-refractivity contribution in [1.82, 2.24) is 10.9 Å². The van der Waals surface area contributed by atoms with E-state index in [2.05, 4.69) is 21.1 Å². The second kappa shape index (κ2) is 10.7. The summed E-state index contributed by atoms with van der Waals surface area (Å²) in [7, 11) is 0. The number of phenolic OH excluding ortho intramolecular Hbond substituents is 2. The predicted octanol–water partition coefficient (Wildman–Crippen LogP) is 2.73. The van der Waals surface area contributed by atoms with Gasteiger partial charge in [0.05, 0.1) is 25.6 Å². The monoisotopic (exact) mass is 402 g/mol. The minimum atomic E-state index is 0.0696. The molecule has 0 aliphatic heterocycles. The van der Waals surface area contributed by atoms with E-state index in [0.29, 0.717) is 24.7 Å². The fourth-order valence-corrected chi connectivity index (χ4v) is 2.23. The molecule has 0 atom stereocenters. The molecule has 9 heteroatoms. The third kappa shape index (κ3) is 6.44. The molecule has 2 aromatic carbocycles. The van der Waals surface area contributed by atoms with Crippen LogP contribution in [0.5, 0.6) is 23.0 Å². The average molecular weight is 402 g/mol. The first-order chi connectivity index (χ1) is 13.5. The van der Waals surface area contributed by atoms with Gasteiger partial charge in [0.2, 0.25) is 5.11 Å². The number of nitrogens with zero attached hydrogens (tertiary/aromatic N) is 2. The van der Waals surface area contributed by atoms with Crippen LogP contribution in [0.1, 0.15) is 25.0 Å². The van der Waals surface area contributed by atoms with Gasteiger partial charge in [-0.3, -0.25) is 10.9 Å². The lowest BCUT2D eigenvalue weighted by Crippen LogP contribution is -2.28. The Morgan fingerprint density at radius 2 is 1.32 bits per heavy atom. The lowest BCUT2D eigenvalue weighted by Gasteiger charge is -2.06. The zero-order valence-corrected chi connectivity index (χ0v) is 16.4. The second-order valence-corrected chi connectivity index (χ2v) is 5.80. The first kappa shape index (κ1) is 21.0. The number of phenols is 2. The Bertz CT molecular complexity index is 802. The highest BCUT2D eigenvalue weighted by molar-refractivity contribution is 7.80. The fourth-order valence-electron chi connectivity index (χ4n) is 2.12. The first-order valence-electron chi connectivity index (χ1n) is 8.57. The van der Waals surface area contributed by atoms with E-state index in [9.17, 15) is 10.2 Å². The first-order valence-corrected chi connectivity index (χ1v) is 8.98. The van der Waals surface area contributed by atoms with E-state index in [-0.39, 0.29) is 16.6 Å². The van der Waals surface area contributed by atoms with E-state index in [0.717, 1.165) is 11.1 Å². The molecule has 0 amide bonds. The molecule has 28 heavy (non-hydrogen) atoms. The molecule has 0 radical (unpaired) electrons. The lowest BCUT2D eigenvalue weighted by molar-refractivity contribution is 0.318. The summed E-state index contributed by atoms with van der Waals surface area (Å²) in [6.07, 6.45) is 3.07. The van der Waals surface area contributed by atoms with Crippen LogP contribution in [-0.4, -0.2) is 41.0 Å². The van der Waals surface area contributed by atoms with Gasteiger partial charge in [0.15, 0.2) is 23.0 Å². The van der Waals surface area contributed by atoms with Gasteiger partial charge >= 0.3 is 0 Å². The van der Waals surface area contributed by atoms with Crippen molar-refractivity contribution in [2.45, 2.75) is 13.8 Å². The van der Waals surface area contributed by atoms with Crippen LogP contribution in [0.15, 0.2) is 46.6 Å². The Balaban J connectivity index is 1.87. The number of hydrazone groups is 2. The molecule has 0 aromatic heterocycles. The third-order valence-electron chi connectivity index (χ3n) is 3.33. The Hall–Kier alpha value is -3.33. The Kier molecular flexibility index (Phi) is 8.04. The summed E-state index contributed by atoms with van der Waals surface area (Å²) in [5, 5.41) is 27.6. The maximum absolute atomic E-state index is 9.68. The van der Waals surface area contributed by atoms with Gasteiger partial charge in [0.1, 0.15) is 0 Å². The molecule has 2 aromatic rings. The standard InChI is InChI=1S/C19H22N4O4S/c1-3-26-17-9-13(5-7-15(17)24)11-20-22-19(28)23-21-12-14-6-8-16(25)18(10-14)27-4-2/h5-12,24-25H,3-4H2,1-2H3,(H2,22,23,28). The minimum Gasteiger partial charge on any atom is -0.504 e. The van der Waals surface area contributed by atoms with Crippen LogP contribution >= 0.6 is 12.2 Å². The number of benzene rings is 2.